The SMILES string of the molecule is CCOC(=O)c1cccc(NC(=O)COc2ccc(Br)cc2Cl)c1. The van der Waals surface area contributed by atoms with E-state index in [2.05, 4.69) is 21.2 Å². The van der Waals surface area contributed by atoms with Gasteiger partial charge < -0.3 is 14.8 Å². The van der Waals surface area contributed by atoms with Crippen molar-refractivity contribution < 1.29 is 19.1 Å². The third-order valence-electron chi connectivity index (χ3n) is 2.91. The molecule has 0 saturated heterocycles. The summed E-state index contributed by atoms with van der Waals surface area (Å²) in [5, 5.41) is 3.06. The van der Waals surface area contributed by atoms with Gasteiger partial charge in [-0.15, -0.1) is 0 Å². The molecule has 0 fully saturated rings. The molecule has 2 aromatic rings. The van der Waals surface area contributed by atoms with Crippen LogP contribution in [0.3, 0.4) is 0 Å². The maximum absolute atomic E-state index is 12.0. The van der Waals surface area contributed by atoms with Crippen molar-refractivity contribution in [2.45, 2.75) is 6.92 Å². The zero-order chi connectivity index (χ0) is 17.5. The topological polar surface area (TPSA) is 64.6 Å². The van der Waals surface area contributed by atoms with Crippen LogP contribution < -0.4 is 10.1 Å². The number of nitrogens with one attached hydrogen (secondary N) is 1. The molecule has 0 heterocycles. The van der Waals surface area contributed by atoms with Crippen molar-refractivity contribution in [2.75, 3.05) is 18.5 Å². The number of amides is 1. The van der Waals surface area contributed by atoms with E-state index in [9.17, 15) is 9.59 Å². The van der Waals surface area contributed by atoms with Gasteiger partial charge in [-0.1, -0.05) is 33.6 Å². The Morgan fingerprint density at radius 3 is 2.71 bits per heavy atom. The fourth-order valence-corrected chi connectivity index (χ4v) is 2.60. The standard InChI is InChI=1S/C17H15BrClNO4/c1-2-23-17(22)11-4-3-5-13(8-11)20-16(21)10-24-15-7-6-12(18)9-14(15)19/h3-9H,2,10H2,1H3,(H,20,21). The fourth-order valence-electron chi connectivity index (χ4n) is 1.87. The smallest absolute Gasteiger partial charge is 0.338 e. The highest BCUT2D eigenvalue weighted by Crippen LogP contribution is 2.27. The summed E-state index contributed by atoms with van der Waals surface area (Å²) in [6.07, 6.45) is 0. The molecule has 0 aliphatic rings. The zero-order valence-electron chi connectivity index (χ0n) is 12.8. The Bertz CT molecular complexity index is 751. The molecule has 0 saturated carbocycles. The number of anilines is 1. The quantitative estimate of drug-likeness (QED) is 0.719. The highest BCUT2D eigenvalue weighted by atomic mass is 79.9. The van der Waals surface area contributed by atoms with E-state index in [1.807, 2.05) is 0 Å². The van der Waals surface area contributed by atoms with E-state index in [-0.39, 0.29) is 19.1 Å². The van der Waals surface area contributed by atoms with Crippen LogP contribution in [0.2, 0.25) is 5.02 Å². The lowest BCUT2D eigenvalue weighted by Gasteiger charge is -2.10. The van der Waals surface area contributed by atoms with Crippen LogP contribution in [0.25, 0.3) is 0 Å². The van der Waals surface area contributed by atoms with Crippen LogP contribution in [0, 0.1) is 0 Å². The Morgan fingerprint density at radius 2 is 2.00 bits per heavy atom. The summed E-state index contributed by atoms with van der Waals surface area (Å²) in [6.45, 7) is 1.82. The summed E-state index contributed by atoms with van der Waals surface area (Å²) < 4.78 is 11.1. The van der Waals surface area contributed by atoms with Gasteiger partial charge in [0.2, 0.25) is 0 Å². The van der Waals surface area contributed by atoms with Gasteiger partial charge in [0.15, 0.2) is 6.61 Å². The van der Waals surface area contributed by atoms with Crippen molar-refractivity contribution in [2.24, 2.45) is 0 Å². The zero-order valence-corrected chi connectivity index (χ0v) is 15.2. The lowest BCUT2D eigenvalue weighted by atomic mass is 10.2. The lowest BCUT2D eigenvalue weighted by Crippen LogP contribution is -2.20. The minimum atomic E-state index is -0.438. The van der Waals surface area contributed by atoms with Gasteiger partial charge in [0.1, 0.15) is 5.75 Å². The molecule has 126 valence electrons. The van der Waals surface area contributed by atoms with Crippen LogP contribution in [0.1, 0.15) is 17.3 Å². The number of carbonyl (C=O) groups excluding carboxylic acids is 2. The fraction of sp³-hybridized carbons (Fsp3) is 0.176. The van der Waals surface area contributed by atoms with E-state index in [0.717, 1.165) is 4.47 Å². The number of esters is 1. The van der Waals surface area contributed by atoms with E-state index in [4.69, 9.17) is 21.1 Å². The first-order chi connectivity index (χ1) is 11.5. The summed E-state index contributed by atoms with van der Waals surface area (Å²) in [4.78, 5) is 23.6. The number of hydrogen-bond donors (Lipinski definition) is 1. The molecule has 0 spiro atoms. The molecule has 1 N–H and O–H groups in total. The highest BCUT2D eigenvalue weighted by molar-refractivity contribution is 9.10. The second-order valence-electron chi connectivity index (χ2n) is 4.71. The summed E-state index contributed by atoms with van der Waals surface area (Å²) >= 11 is 9.31. The Hall–Kier alpha value is -2.05. The molecule has 2 rings (SSSR count). The first-order valence-corrected chi connectivity index (χ1v) is 8.31. The molecule has 7 heteroatoms. The Morgan fingerprint density at radius 1 is 1.21 bits per heavy atom. The van der Waals surface area contributed by atoms with Gasteiger partial charge in [-0.25, -0.2) is 4.79 Å². The first-order valence-electron chi connectivity index (χ1n) is 7.14. The van der Waals surface area contributed by atoms with Gasteiger partial charge >= 0.3 is 5.97 Å². The predicted octanol–water partition coefficient (Wildman–Crippen LogP) is 4.30. The van der Waals surface area contributed by atoms with E-state index >= 15 is 0 Å². The van der Waals surface area contributed by atoms with Crippen LogP contribution in [0.4, 0.5) is 5.69 Å². The van der Waals surface area contributed by atoms with Gasteiger partial charge in [-0.3, -0.25) is 4.79 Å². The third kappa shape index (κ3) is 5.25. The Balaban J connectivity index is 1.95. The van der Waals surface area contributed by atoms with Crippen LogP contribution in [-0.4, -0.2) is 25.1 Å². The summed E-state index contributed by atoms with van der Waals surface area (Å²) in [6, 6.07) is 11.6. The summed E-state index contributed by atoms with van der Waals surface area (Å²) in [5.74, 6) is -0.392. The molecule has 5 nitrogen and oxygen atoms in total. The lowest BCUT2D eigenvalue weighted by molar-refractivity contribution is -0.118. The monoisotopic (exact) mass is 411 g/mol. The number of ether oxygens (including phenoxy) is 2. The van der Waals surface area contributed by atoms with Crippen molar-refractivity contribution in [3.63, 3.8) is 0 Å². The van der Waals surface area contributed by atoms with E-state index in [1.54, 1.807) is 49.4 Å². The molecule has 1 amide bonds. The number of hydrogen-bond acceptors (Lipinski definition) is 4. The van der Waals surface area contributed by atoms with Crippen LogP contribution in [-0.2, 0) is 9.53 Å². The second-order valence-corrected chi connectivity index (χ2v) is 6.04. The average Bonchev–Trinajstić information content (AvgIpc) is 2.54. The maximum Gasteiger partial charge on any atom is 0.338 e. The van der Waals surface area contributed by atoms with Crippen molar-refractivity contribution >= 4 is 45.1 Å². The molecule has 0 aliphatic heterocycles. The third-order valence-corrected chi connectivity index (χ3v) is 3.70. The number of benzene rings is 2. The molecule has 2 aromatic carbocycles. The molecule has 0 atom stereocenters. The van der Waals surface area contributed by atoms with Crippen molar-refractivity contribution in [1.82, 2.24) is 0 Å². The van der Waals surface area contributed by atoms with E-state index in [1.165, 1.54) is 0 Å². The predicted molar refractivity (Wildman–Crippen MR) is 95.7 cm³/mol. The van der Waals surface area contributed by atoms with Crippen molar-refractivity contribution in [3.05, 3.63) is 57.5 Å². The van der Waals surface area contributed by atoms with Gasteiger partial charge in [0.25, 0.3) is 5.91 Å². The Kier molecular flexibility index (Phi) is 6.63. The maximum atomic E-state index is 12.0. The van der Waals surface area contributed by atoms with Crippen LogP contribution in [0.15, 0.2) is 46.9 Å². The van der Waals surface area contributed by atoms with Gasteiger partial charge in [-0.2, -0.15) is 0 Å². The minimum absolute atomic E-state index is 0.203. The molecular weight excluding hydrogens is 398 g/mol. The van der Waals surface area contributed by atoms with Gasteiger partial charge in [0, 0.05) is 10.2 Å². The summed E-state index contributed by atoms with van der Waals surface area (Å²) in [7, 11) is 0. The molecular formula is C17H15BrClNO4. The number of halogens is 2. The average molecular weight is 413 g/mol. The van der Waals surface area contributed by atoms with Crippen molar-refractivity contribution in [3.8, 4) is 5.75 Å². The normalized spacial score (nSPS) is 10.1. The van der Waals surface area contributed by atoms with Gasteiger partial charge in [-0.05, 0) is 43.3 Å². The summed E-state index contributed by atoms with van der Waals surface area (Å²) in [5.41, 5.74) is 0.850. The molecule has 0 aliphatic carbocycles. The minimum Gasteiger partial charge on any atom is -0.482 e. The van der Waals surface area contributed by atoms with E-state index < -0.39 is 5.97 Å². The molecule has 0 radical (unpaired) electrons. The number of carbonyl (C=O) groups is 2. The van der Waals surface area contributed by atoms with Crippen LogP contribution >= 0.6 is 27.5 Å². The molecule has 24 heavy (non-hydrogen) atoms. The number of rotatable bonds is 6. The van der Waals surface area contributed by atoms with Crippen LogP contribution in [0.5, 0.6) is 5.75 Å². The molecule has 0 aromatic heterocycles. The molecule has 0 unspecified atom stereocenters. The first kappa shape index (κ1) is 18.3. The Labute approximate surface area is 153 Å². The highest BCUT2D eigenvalue weighted by Gasteiger charge is 2.10. The largest absolute Gasteiger partial charge is 0.482 e. The second kappa shape index (κ2) is 8.70. The van der Waals surface area contributed by atoms with Gasteiger partial charge in [0.05, 0.1) is 17.2 Å². The van der Waals surface area contributed by atoms with E-state index in [0.29, 0.717) is 22.0 Å². The molecule has 0 bridgehead atoms. The van der Waals surface area contributed by atoms with Crippen molar-refractivity contribution in [1.29, 1.82) is 0 Å².